The quantitative estimate of drug-likeness (QED) is 0.137. The van der Waals surface area contributed by atoms with E-state index < -0.39 is 12.0 Å². The van der Waals surface area contributed by atoms with E-state index >= 15 is 0 Å². The maximum atomic E-state index is 13.1. The molecule has 43 heavy (non-hydrogen) atoms. The fourth-order valence-corrected chi connectivity index (χ4v) is 4.92. The first kappa shape index (κ1) is 29.2. The molecule has 0 fully saturated rings. The van der Waals surface area contributed by atoms with Crippen LogP contribution in [0, 0.1) is 0 Å². The molecule has 6 nitrogen and oxygen atoms in total. The van der Waals surface area contributed by atoms with Crippen LogP contribution in [-0.4, -0.2) is 35.2 Å². The number of ketones is 2. The Morgan fingerprint density at radius 1 is 0.628 bits per heavy atom. The maximum absolute atomic E-state index is 13.1. The van der Waals surface area contributed by atoms with Crippen molar-refractivity contribution in [3.05, 3.63) is 161 Å². The van der Waals surface area contributed by atoms with Gasteiger partial charge in [-0.2, -0.15) is 0 Å². The van der Waals surface area contributed by atoms with Gasteiger partial charge in [0.2, 0.25) is 0 Å². The molecule has 0 aliphatic carbocycles. The van der Waals surface area contributed by atoms with Crippen molar-refractivity contribution in [1.29, 1.82) is 0 Å². The topological polar surface area (TPSA) is 95.5 Å². The van der Waals surface area contributed by atoms with E-state index in [9.17, 15) is 19.5 Å². The Bertz CT molecular complexity index is 1700. The number of rotatable bonds is 13. The number of aliphatic carboxylic acids is 1. The van der Waals surface area contributed by atoms with Crippen LogP contribution in [0.15, 0.2) is 133 Å². The lowest BCUT2D eigenvalue weighted by Gasteiger charge is -2.18. The summed E-state index contributed by atoms with van der Waals surface area (Å²) >= 11 is 0. The van der Waals surface area contributed by atoms with Crippen LogP contribution < -0.4 is 10.6 Å². The number of benzene rings is 5. The van der Waals surface area contributed by atoms with Crippen LogP contribution in [0.25, 0.3) is 11.1 Å². The van der Waals surface area contributed by atoms with Crippen molar-refractivity contribution in [3.8, 4) is 11.1 Å². The van der Waals surface area contributed by atoms with E-state index in [1.807, 2.05) is 78.9 Å². The second kappa shape index (κ2) is 14.0. The highest BCUT2D eigenvalue weighted by Crippen LogP contribution is 2.24. The molecule has 0 bridgehead atoms. The normalized spacial score (nSPS) is 11.4. The van der Waals surface area contributed by atoms with Gasteiger partial charge in [0, 0.05) is 35.3 Å². The van der Waals surface area contributed by atoms with Crippen LogP contribution in [0.5, 0.6) is 0 Å². The monoisotopic (exact) mass is 568 g/mol. The molecule has 0 aliphatic rings. The van der Waals surface area contributed by atoms with Crippen molar-refractivity contribution in [2.24, 2.45) is 0 Å². The Morgan fingerprint density at radius 2 is 1.28 bits per heavy atom. The zero-order valence-corrected chi connectivity index (χ0v) is 23.6. The number of para-hydroxylation sites is 1. The third kappa shape index (κ3) is 7.70. The van der Waals surface area contributed by atoms with Crippen molar-refractivity contribution in [2.45, 2.75) is 19.0 Å². The summed E-state index contributed by atoms with van der Waals surface area (Å²) in [5.74, 6) is -1.12. The van der Waals surface area contributed by atoms with Crippen LogP contribution >= 0.6 is 0 Å². The highest BCUT2D eigenvalue weighted by atomic mass is 16.4. The van der Waals surface area contributed by atoms with Gasteiger partial charge in [-0.3, -0.25) is 9.59 Å². The number of hydrogen-bond acceptors (Lipinski definition) is 5. The molecule has 0 amide bonds. The Morgan fingerprint density at radius 3 is 1.98 bits per heavy atom. The van der Waals surface area contributed by atoms with E-state index in [1.165, 1.54) is 0 Å². The molecule has 0 spiro atoms. The fourth-order valence-electron chi connectivity index (χ4n) is 4.92. The highest BCUT2D eigenvalue weighted by Gasteiger charge is 2.21. The van der Waals surface area contributed by atoms with Gasteiger partial charge >= 0.3 is 5.97 Å². The van der Waals surface area contributed by atoms with E-state index in [4.69, 9.17) is 0 Å². The van der Waals surface area contributed by atoms with Gasteiger partial charge in [0.05, 0.1) is 6.54 Å². The molecule has 3 N–H and O–H groups in total. The highest BCUT2D eigenvalue weighted by molar-refractivity contribution is 6.12. The van der Waals surface area contributed by atoms with Gasteiger partial charge in [-0.1, -0.05) is 115 Å². The predicted octanol–water partition coefficient (Wildman–Crippen LogP) is 6.66. The molecule has 1 atom stereocenters. The van der Waals surface area contributed by atoms with Gasteiger partial charge in [0.15, 0.2) is 11.6 Å². The summed E-state index contributed by atoms with van der Waals surface area (Å²) in [6.07, 6.45) is 0.239. The molecular formula is C37H32N2O4. The number of carboxylic acids is 1. The number of hydrogen-bond donors (Lipinski definition) is 3. The molecule has 6 heteroatoms. The Kier molecular flexibility index (Phi) is 9.52. The molecule has 5 aromatic rings. The second-order valence-electron chi connectivity index (χ2n) is 10.3. The summed E-state index contributed by atoms with van der Waals surface area (Å²) in [5.41, 5.74) is 6.08. The number of nitrogens with one attached hydrogen (secondary N) is 2. The molecule has 0 radical (unpaired) electrons. The lowest BCUT2D eigenvalue weighted by molar-refractivity contribution is -0.137. The summed E-state index contributed by atoms with van der Waals surface area (Å²) in [7, 11) is 0. The molecule has 1 unspecified atom stereocenters. The molecule has 0 saturated heterocycles. The molecule has 0 saturated carbocycles. The maximum Gasteiger partial charge on any atom is 0.326 e. The summed E-state index contributed by atoms with van der Waals surface area (Å²) in [6.45, 7) is 0.817. The zero-order chi connectivity index (χ0) is 30.0. The predicted molar refractivity (Wildman–Crippen MR) is 169 cm³/mol. The lowest BCUT2D eigenvalue weighted by Crippen LogP contribution is -2.32. The minimum absolute atomic E-state index is 0.0489. The van der Waals surface area contributed by atoms with Crippen molar-refractivity contribution < 1.29 is 19.5 Å². The molecular weight excluding hydrogens is 536 g/mol. The average Bonchev–Trinajstić information content (AvgIpc) is 3.05. The minimum Gasteiger partial charge on any atom is -0.480 e. The SMILES string of the molecule is O=C(CNCc1cccc(-c2ccc(CC(Nc3ccccc3C(=O)c3ccccc3)C(=O)O)cc2)c1)c1ccccc1. The third-order valence-electron chi connectivity index (χ3n) is 7.20. The average molecular weight is 569 g/mol. The van der Waals surface area contributed by atoms with Crippen LogP contribution in [0.4, 0.5) is 5.69 Å². The Balaban J connectivity index is 1.23. The van der Waals surface area contributed by atoms with Crippen molar-refractivity contribution in [2.75, 3.05) is 11.9 Å². The fraction of sp³-hybridized carbons (Fsp3) is 0.108. The summed E-state index contributed by atoms with van der Waals surface area (Å²) in [6, 6.07) is 40.1. The summed E-state index contributed by atoms with van der Waals surface area (Å²) < 4.78 is 0. The number of carbonyl (C=O) groups excluding carboxylic acids is 2. The van der Waals surface area contributed by atoms with E-state index in [2.05, 4.69) is 16.7 Å². The first-order valence-corrected chi connectivity index (χ1v) is 14.1. The molecule has 0 aromatic heterocycles. The van der Waals surface area contributed by atoms with E-state index in [1.54, 1.807) is 48.5 Å². The zero-order valence-electron chi connectivity index (χ0n) is 23.6. The Hall–Kier alpha value is -5.33. The van der Waals surface area contributed by atoms with Gasteiger partial charge in [0.25, 0.3) is 0 Å². The van der Waals surface area contributed by atoms with Crippen LogP contribution in [0.3, 0.4) is 0 Å². The van der Waals surface area contributed by atoms with Crippen molar-refractivity contribution >= 4 is 23.2 Å². The Labute approximate surface area is 251 Å². The van der Waals surface area contributed by atoms with E-state index in [-0.39, 0.29) is 24.5 Å². The number of carboxylic acid groups (broad SMARTS) is 1. The lowest BCUT2D eigenvalue weighted by atomic mass is 9.98. The van der Waals surface area contributed by atoms with Crippen molar-refractivity contribution in [1.82, 2.24) is 5.32 Å². The van der Waals surface area contributed by atoms with E-state index in [0.717, 1.165) is 22.3 Å². The largest absolute Gasteiger partial charge is 0.480 e. The molecule has 0 aliphatic heterocycles. The third-order valence-corrected chi connectivity index (χ3v) is 7.20. The van der Waals surface area contributed by atoms with Crippen LogP contribution in [0.1, 0.15) is 37.4 Å². The number of Topliss-reactive ketones (excluding diaryl/α,β-unsaturated/α-hetero) is 1. The molecule has 5 rings (SSSR count). The van der Waals surface area contributed by atoms with E-state index in [0.29, 0.717) is 28.9 Å². The first-order chi connectivity index (χ1) is 21.0. The van der Waals surface area contributed by atoms with Gasteiger partial charge in [-0.15, -0.1) is 0 Å². The standard InChI is InChI=1S/C37H32N2O4/c40-35(29-11-3-1-4-12-29)25-38-24-27-10-9-15-31(22-27)28-20-18-26(19-21-28)23-34(37(42)43)39-33-17-8-7-16-32(33)36(41)30-13-5-2-6-14-30/h1-22,34,38-39H,23-25H2,(H,42,43). The number of anilines is 1. The van der Waals surface area contributed by atoms with Crippen molar-refractivity contribution in [3.63, 3.8) is 0 Å². The first-order valence-electron chi connectivity index (χ1n) is 14.1. The number of carbonyl (C=O) groups is 3. The molecule has 214 valence electrons. The summed E-state index contributed by atoms with van der Waals surface area (Å²) in [4.78, 5) is 37.7. The molecule has 0 heterocycles. The molecule has 5 aromatic carbocycles. The minimum atomic E-state index is -1.00. The van der Waals surface area contributed by atoms with Crippen LogP contribution in [0.2, 0.25) is 0 Å². The van der Waals surface area contributed by atoms with Gasteiger partial charge in [-0.25, -0.2) is 4.79 Å². The second-order valence-corrected chi connectivity index (χ2v) is 10.3. The van der Waals surface area contributed by atoms with Gasteiger partial charge in [-0.05, 0) is 40.5 Å². The smallest absolute Gasteiger partial charge is 0.326 e. The van der Waals surface area contributed by atoms with Gasteiger partial charge in [0.1, 0.15) is 6.04 Å². The van der Waals surface area contributed by atoms with Gasteiger partial charge < -0.3 is 15.7 Å². The van der Waals surface area contributed by atoms with Crippen LogP contribution in [-0.2, 0) is 17.8 Å². The summed E-state index contributed by atoms with van der Waals surface area (Å²) in [5, 5.41) is 16.3.